The maximum absolute atomic E-state index is 12.0. The highest BCUT2D eigenvalue weighted by atomic mass is 16.5. The van der Waals surface area contributed by atoms with Crippen molar-refractivity contribution in [2.75, 3.05) is 19.0 Å². The Morgan fingerprint density at radius 2 is 1.91 bits per heavy atom. The molecule has 0 atom stereocenters. The summed E-state index contributed by atoms with van der Waals surface area (Å²) in [4.78, 5) is 22.8. The highest BCUT2D eigenvalue weighted by Crippen LogP contribution is 2.27. The minimum Gasteiger partial charge on any atom is -0.493 e. The van der Waals surface area contributed by atoms with Crippen molar-refractivity contribution in [3.63, 3.8) is 0 Å². The molecule has 23 heavy (non-hydrogen) atoms. The Morgan fingerprint density at radius 1 is 1.13 bits per heavy atom. The zero-order valence-electron chi connectivity index (χ0n) is 13.4. The van der Waals surface area contributed by atoms with Crippen LogP contribution >= 0.6 is 0 Å². The number of hydrogen-bond donors (Lipinski definition) is 1. The van der Waals surface area contributed by atoms with Crippen molar-refractivity contribution < 1.29 is 19.1 Å². The third kappa shape index (κ3) is 4.32. The van der Waals surface area contributed by atoms with Gasteiger partial charge in [0.2, 0.25) is 0 Å². The van der Waals surface area contributed by atoms with Gasteiger partial charge in [-0.2, -0.15) is 0 Å². The molecule has 5 nitrogen and oxygen atoms in total. The van der Waals surface area contributed by atoms with Crippen LogP contribution < -0.4 is 14.8 Å². The van der Waals surface area contributed by atoms with Gasteiger partial charge in [0, 0.05) is 11.3 Å². The van der Waals surface area contributed by atoms with Gasteiger partial charge < -0.3 is 14.8 Å². The fourth-order valence-electron chi connectivity index (χ4n) is 2.16. The Labute approximate surface area is 135 Å². The van der Waals surface area contributed by atoms with Crippen LogP contribution in [0.2, 0.25) is 0 Å². The van der Waals surface area contributed by atoms with Crippen LogP contribution in [0.5, 0.6) is 11.5 Å². The van der Waals surface area contributed by atoms with Gasteiger partial charge in [-0.15, -0.1) is 0 Å². The molecular weight excluding hydrogens is 294 g/mol. The molecule has 0 aliphatic rings. The van der Waals surface area contributed by atoms with E-state index >= 15 is 0 Å². The van der Waals surface area contributed by atoms with Crippen LogP contribution in [-0.4, -0.2) is 25.9 Å². The second-order valence-corrected chi connectivity index (χ2v) is 5.18. The van der Waals surface area contributed by atoms with Crippen molar-refractivity contribution in [3.8, 4) is 11.5 Å². The number of ether oxygens (including phenoxy) is 2. The number of methoxy groups -OCH3 is 1. The lowest BCUT2D eigenvalue weighted by atomic mass is 10.1. The molecule has 0 saturated carbocycles. The molecule has 0 aromatic heterocycles. The summed E-state index contributed by atoms with van der Waals surface area (Å²) in [5, 5.41) is 2.81. The first-order chi connectivity index (χ1) is 11.0. The van der Waals surface area contributed by atoms with Gasteiger partial charge in [-0.05, 0) is 43.7 Å². The van der Waals surface area contributed by atoms with E-state index in [2.05, 4.69) is 5.32 Å². The predicted octanol–water partition coefficient (Wildman–Crippen LogP) is 3.14. The number of aldehydes is 1. The molecule has 2 aromatic carbocycles. The number of aryl methyl sites for hydroxylation is 2. The Balaban J connectivity index is 2.00. The maximum Gasteiger partial charge on any atom is 0.262 e. The van der Waals surface area contributed by atoms with E-state index in [1.54, 1.807) is 18.2 Å². The third-order valence-corrected chi connectivity index (χ3v) is 3.34. The average Bonchev–Trinajstić information content (AvgIpc) is 2.55. The molecule has 1 N–H and O–H groups in total. The summed E-state index contributed by atoms with van der Waals surface area (Å²) in [6, 6.07) is 10.6. The predicted molar refractivity (Wildman–Crippen MR) is 88.4 cm³/mol. The SMILES string of the molecule is COc1cc(C=O)ccc1OCC(=O)Nc1ccc(C)cc1C. The van der Waals surface area contributed by atoms with Gasteiger partial charge in [-0.3, -0.25) is 9.59 Å². The van der Waals surface area contributed by atoms with Crippen LogP contribution in [-0.2, 0) is 4.79 Å². The molecule has 0 unspecified atom stereocenters. The van der Waals surface area contributed by atoms with E-state index in [4.69, 9.17) is 9.47 Å². The standard InChI is InChI=1S/C18H19NO4/c1-12-4-6-15(13(2)8-12)19-18(21)11-23-16-7-5-14(10-20)9-17(16)22-3/h4-10H,11H2,1-3H3,(H,19,21). The van der Waals surface area contributed by atoms with E-state index in [1.165, 1.54) is 7.11 Å². The minimum atomic E-state index is -0.265. The second-order valence-electron chi connectivity index (χ2n) is 5.18. The zero-order valence-corrected chi connectivity index (χ0v) is 13.4. The molecule has 0 heterocycles. The van der Waals surface area contributed by atoms with Crippen LogP contribution in [0.3, 0.4) is 0 Å². The van der Waals surface area contributed by atoms with Gasteiger partial charge in [-0.1, -0.05) is 17.7 Å². The summed E-state index contributed by atoms with van der Waals surface area (Å²) >= 11 is 0. The van der Waals surface area contributed by atoms with Gasteiger partial charge >= 0.3 is 0 Å². The van der Waals surface area contributed by atoms with Crippen molar-refractivity contribution >= 4 is 17.9 Å². The van der Waals surface area contributed by atoms with Crippen LogP contribution in [0.25, 0.3) is 0 Å². The molecule has 0 fully saturated rings. The summed E-state index contributed by atoms with van der Waals surface area (Å²) in [7, 11) is 1.48. The minimum absolute atomic E-state index is 0.149. The van der Waals surface area contributed by atoms with E-state index in [0.29, 0.717) is 17.1 Å². The number of benzene rings is 2. The maximum atomic E-state index is 12.0. The summed E-state index contributed by atoms with van der Waals surface area (Å²) < 4.78 is 10.6. The molecule has 2 rings (SSSR count). The molecule has 0 aliphatic heterocycles. The molecule has 0 radical (unpaired) electrons. The number of nitrogens with one attached hydrogen (secondary N) is 1. The molecule has 0 saturated heterocycles. The molecular formula is C18H19NO4. The van der Waals surface area contributed by atoms with Crippen LogP contribution in [0.1, 0.15) is 21.5 Å². The monoisotopic (exact) mass is 313 g/mol. The molecule has 0 aliphatic carbocycles. The number of hydrogen-bond acceptors (Lipinski definition) is 4. The lowest BCUT2D eigenvalue weighted by Gasteiger charge is -2.12. The van der Waals surface area contributed by atoms with Crippen LogP contribution in [0.4, 0.5) is 5.69 Å². The second kappa shape index (κ2) is 7.45. The third-order valence-electron chi connectivity index (χ3n) is 3.34. The Bertz CT molecular complexity index is 725. The van der Waals surface area contributed by atoms with Crippen molar-refractivity contribution in [1.82, 2.24) is 0 Å². The fourth-order valence-corrected chi connectivity index (χ4v) is 2.16. The number of carbonyl (C=O) groups is 2. The van der Waals surface area contributed by atoms with Crippen LogP contribution in [0, 0.1) is 13.8 Å². The van der Waals surface area contributed by atoms with E-state index in [-0.39, 0.29) is 12.5 Å². The van der Waals surface area contributed by atoms with Gasteiger partial charge in [-0.25, -0.2) is 0 Å². The Kier molecular flexibility index (Phi) is 5.36. The normalized spacial score (nSPS) is 10.0. The molecule has 120 valence electrons. The lowest BCUT2D eigenvalue weighted by molar-refractivity contribution is -0.118. The van der Waals surface area contributed by atoms with Gasteiger partial charge in [0.1, 0.15) is 6.29 Å². The Morgan fingerprint density at radius 3 is 2.57 bits per heavy atom. The number of amides is 1. The van der Waals surface area contributed by atoms with Crippen molar-refractivity contribution in [3.05, 3.63) is 53.1 Å². The largest absolute Gasteiger partial charge is 0.493 e. The number of rotatable bonds is 6. The summed E-state index contributed by atoms with van der Waals surface area (Å²) in [5.41, 5.74) is 3.37. The Hall–Kier alpha value is -2.82. The molecule has 1 amide bonds. The van der Waals surface area contributed by atoms with E-state index < -0.39 is 0 Å². The fraction of sp³-hybridized carbons (Fsp3) is 0.222. The van der Waals surface area contributed by atoms with E-state index in [9.17, 15) is 9.59 Å². The first kappa shape index (κ1) is 16.5. The quantitative estimate of drug-likeness (QED) is 0.832. The van der Waals surface area contributed by atoms with Gasteiger partial charge in [0.05, 0.1) is 7.11 Å². The summed E-state index contributed by atoms with van der Waals surface area (Å²) in [6.45, 7) is 3.78. The van der Waals surface area contributed by atoms with Crippen molar-refractivity contribution in [2.45, 2.75) is 13.8 Å². The van der Waals surface area contributed by atoms with Crippen molar-refractivity contribution in [2.24, 2.45) is 0 Å². The average molecular weight is 313 g/mol. The number of carbonyl (C=O) groups excluding carboxylic acids is 2. The molecule has 0 spiro atoms. The van der Waals surface area contributed by atoms with E-state index in [0.717, 1.165) is 23.1 Å². The smallest absolute Gasteiger partial charge is 0.262 e. The summed E-state index contributed by atoms with van der Waals surface area (Å²) in [5.74, 6) is 0.557. The van der Waals surface area contributed by atoms with Gasteiger partial charge in [0.15, 0.2) is 18.1 Å². The first-order valence-corrected chi connectivity index (χ1v) is 7.16. The molecule has 2 aromatic rings. The topological polar surface area (TPSA) is 64.6 Å². The molecule has 0 bridgehead atoms. The van der Waals surface area contributed by atoms with Gasteiger partial charge in [0.25, 0.3) is 5.91 Å². The zero-order chi connectivity index (χ0) is 16.8. The lowest BCUT2D eigenvalue weighted by Crippen LogP contribution is -2.20. The van der Waals surface area contributed by atoms with Crippen molar-refractivity contribution in [1.29, 1.82) is 0 Å². The van der Waals surface area contributed by atoms with E-state index in [1.807, 2.05) is 32.0 Å². The first-order valence-electron chi connectivity index (χ1n) is 7.16. The highest BCUT2D eigenvalue weighted by Gasteiger charge is 2.10. The summed E-state index contributed by atoms with van der Waals surface area (Å²) in [6.07, 6.45) is 0.721. The van der Waals surface area contributed by atoms with Crippen LogP contribution in [0.15, 0.2) is 36.4 Å². The molecule has 5 heteroatoms. The number of anilines is 1. The highest BCUT2D eigenvalue weighted by molar-refractivity contribution is 5.92.